The molecule has 1 heterocycles. The van der Waals surface area contributed by atoms with Gasteiger partial charge in [-0.15, -0.1) is 10.2 Å². The molecule has 0 saturated heterocycles. The molecule has 6 heteroatoms. The zero-order chi connectivity index (χ0) is 9.14. The first kappa shape index (κ1) is 9.11. The Morgan fingerprint density at radius 2 is 2.08 bits per heavy atom. The summed E-state index contributed by atoms with van der Waals surface area (Å²) in [6.45, 7) is 1.24. The maximum Gasteiger partial charge on any atom is 0.247 e. The SMILES string of the molecule is CC(N)c1nnc(C(O)CO)o1. The number of nitrogens with zero attached hydrogens (tertiary/aromatic N) is 2. The Labute approximate surface area is 69.0 Å². The number of nitrogens with two attached hydrogens (primary N) is 1. The monoisotopic (exact) mass is 173 g/mol. The highest BCUT2D eigenvalue weighted by atomic mass is 16.4. The molecule has 0 aliphatic heterocycles. The molecule has 12 heavy (non-hydrogen) atoms. The summed E-state index contributed by atoms with van der Waals surface area (Å²) < 4.78 is 4.94. The van der Waals surface area contributed by atoms with Gasteiger partial charge < -0.3 is 20.4 Å². The molecule has 4 N–H and O–H groups in total. The predicted molar refractivity (Wildman–Crippen MR) is 38.9 cm³/mol. The van der Waals surface area contributed by atoms with Crippen LogP contribution in [0.3, 0.4) is 0 Å². The van der Waals surface area contributed by atoms with Crippen LogP contribution < -0.4 is 5.73 Å². The van der Waals surface area contributed by atoms with Gasteiger partial charge in [-0.2, -0.15) is 0 Å². The maximum atomic E-state index is 9.04. The number of hydrogen-bond acceptors (Lipinski definition) is 6. The fourth-order valence-electron chi connectivity index (χ4n) is 0.643. The summed E-state index contributed by atoms with van der Waals surface area (Å²) in [7, 11) is 0. The molecule has 0 bridgehead atoms. The molecule has 2 atom stereocenters. The van der Waals surface area contributed by atoms with Gasteiger partial charge in [-0.25, -0.2) is 0 Å². The van der Waals surface area contributed by atoms with Gasteiger partial charge >= 0.3 is 0 Å². The summed E-state index contributed by atoms with van der Waals surface area (Å²) in [6, 6.07) is -0.364. The lowest BCUT2D eigenvalue weighted by Gasteiger charge is -1.99. The smallest absolute Gasteiger partial charge is 0.247 e. The Balaban J connectivity index is 2.77. The van der Waals surface area contributed by atoms with Gasteiger partial charge in [0.2, 0.25) is 11.8 Å². The van der Waals surface area contributed by atoms with Gasteiger partial charge in [-0.05, 0) is 6.92 Å². The summed E-state index contributed by atoms with van der Waals surface area (Å²) in [4.78, 5) is 0. The van der Waals surface area contributed by atoms with Gasteiger partial charge in [-0.3, -0.25) is 0 Å². The van der Waals surface area contributed by atoms with Crippen LogP contribution in [0.2, 0.25) is 0 Å². The molecule has 0 amide bonds. The van der Waals surface area contributed by atoms with E-state index in [1.807, 2.05) is 0 Å². The van der Waals surface area contributed by atoms with Gasteiger partial charge in [0, 0.05) is 0 Å². The standard InChI is InChI=1S/C6H11N3O3/c1-3(7)5-8-9-6(12-5)4(11)2-10/h3-4,10-11H,2,7H2,1H3. The van der Waals surface area contributed by atoms with Gasteiger partial charge in [0.05, 0.1) is 12.6 Å². The second-order valence-corrected chi connectivity index (χ2v) is 2.47. The second kappa shape index (κ2) is 3.61. The highest BCUT2D eigenvalue weighted by molar-refractivity contribution is 4.89. The van der Waals surface area contributed by atoms with Crippen LogP contribution in [0.5, 0.6) is 0 Å². The lowest BCUT2D eigenvalue weighted by Crippen LogP contribution is -2.05. The van der Waals surface area contributed by atoms with E-state index in [4.69, 9.17) is 20.4 Å². The van der Waals surface area contributed by atoms with E-state index in [-0.39, 0.29) is 17.8 Å². The molecule has 0 fully saturated rings. The molecule has 1 aromatic rings. The minimum atomic E-state index is -1.12. The zero-order valence-corrected chi connectivity index (χ0v) is 6.64. The molecular weight excluding hydrogens is 162 g/mol. The van der Waals surface area contributed by atoms with Crippen LogP contribution in [0.4, 0.5) is 0 Å². The average Bonchev–Trinajstić information content (AvgIpc) is 2.51. The summed E-state index contributed by atoms with van der Waals surface area (Å²) in [5.41, 5.74) is 5.43. The van der Waals surface area contributed by atoms with Gasteiger partial charge in [0.25, 0.3) is 0 Å². The van der Waals surface area contributed by atoms with Crippen LogP contribution >= 0.6 is 0 Å². The molecule has 0 saturated carbocycles. The highest BCUT2D eigenvalue weighted by Gasteiger charge is 2.15. The van der Waals surface area contributed by atoms with Gasteiger partial charge in [0.1, 0.15) is 0 Å². The minimum absolute atomic E-state index is 0.00944. The van der Waals surface area contributed by atoms with E-state index in [2.05, 4.69) is 10.2 Å². The number of rotatable bonds is 3. The van der Waals surface area contributed by atoms with E-state index in [0.29, 0.717) is 0 Å². The molecule has 1 aromatic heterocycles. The summed E-state index contributed by atoms with van der Waals surface area (Å²) in [5, 5.41) is 24.6. The molecule has 0 aliphatic rings. The number of aliphatic hydroxyl groups is 2. The van der Waals surface area contributed by atoms with Crippen molar-refractivity contribution >= 4 is 0 Å². The fourth-order valence-corrected chi connectivity index (χ4v) is 0.643. The normalized spacial score (nSPS) is 16.0. The van der Waals surface area contributed by atoms with Crippen molar-refractivity contribution in [3.8, 4) is 0 Å². The van der Waals surface area contributed by atoms with Crippen LogP contribution in [0.15, 0.2) is 4.42 Å². The van der Waals surface area contributed by atoms with Crippen LogP contribution in [0.1, 0.15) is 30.9 Å². The molecule has 0 radical (unpaired) electrons. The molecule has 0 aromatic carbocycles. The molecule has 0 spiro atoms. The molecule has 2 unspecified atom stereocenters. The average molecular weight is 173 g/mol. The third kappa shape index (κ3) is 1.79. The summed E-state index contributed by atoms with van der Waals surface area (Å²) >= 11 is 0. The van der Waals surface area contributed by atoms with Crippen LogP contribution in [-0.2, 0) is 0 Å². The Kier molecular flexibility index (Phi) is 2.74. The van der Waals surface area contributed by atoms with Crippen molar-refractivity contribution in [2.45, 2.75) is 19.1 Å². The first-order valence-corrected chi connectivity index (χ1v) is 3.53. The Bertz CT molecular complexity index is 248. The van der Waals surface area contributed by atoms with Gasteiger partial charge in [0.15, 0.2) is 6.10 Å². The highest BCUT2D eigenvalue weighted by Crippen LogP contribution is 2.13. The molecular formula is C6H11N3O3. The molecule has 0 aliphatic carbocycles. The topological polar surface area (TPSA) is 105 Å². The molecule has 1 rings (SSSR count). The van der Waals surface area contributed by atoms with Crippen LogP contribution in [0.25, 0.3) is 0 Å². The fraction of sp³-hybridized carbons (Fsp3) is 0.667. The summed E-state index contributed by atoms with van der Waals surface area (Å²) in [5.74, 6) is 0.238. The Hall–Kier alpha value is -0.980. The predicted octanol–water partition coefficient (Wildman–Crippen LogP) is -0.885. The first-order chi connectivity index (χ1) is 5.65. The quantitative estimate of drug-likeness (QED) is 0.547. The van der Waals surface area contributed by atoms with Crippen LogP contribution in [0, 0.1) is 0 Å². The van der Waals surface area contributed by atoms with E-state index < -0.39 is 12.7 Å². The van der Waals surface area contributed by atoms with Crippen LogP contribution in [-0.4, -0.2) is 27.0 Å². The first-order valence-electron chi connectivity index (χ1n) is 3.53. The second-order valence-electron chi connectivity index (χ2n) is 2.47. The zero-order valence-electron chi connectivity index (χ0n) is 6.64. The number of aliphatic hydroxyl groups excluding tert-OH is 2. The van der Waals surface area contributed by atoms with Crippen molar-refractivity contribution in [3.63, 3.8) is 0 Å². The van der Waals surface area contributed by atoms with E-state index in [1.54, 1.807) is 6.92 Å². The summed E-state index contributed by atoms with van der Waals surface area (Å²) in [6.07, 6.45) is -1.12. The van der Waals surface area contributed by atoms with Gasteiger partial charge in [-0.1, -0.05) is 0 Å². The Morgan fingerprint density at radius 3 is 2.50 bits per heavy atom. The lowest BCUT2D eigenvalue weighted by molar-refractivity contribution is 0.0718. The van der Waals surface area contributed by atoms with Crippen molar-refractivity contribution in [1.29, 1.82) is 0 Å². The van der Waals surface area contributed by atoms with E-state index in [0.717, 1.165) is 0 Å². The third-order valence-corrected chi connectivity index (χ3v) is 1.30. The van der Waals surface area contributed by atoms with Crippen molar-refractivity contribution in [1.82, 2.24) is 10.2 Å². The number of hydrogen-bond donors (Lipinski definition) is 3. The van der Waals surface area contributed by atoms with E-state index >= 15 is 0 Å². The molecule has 6 nitrogen and oxygen atoms in total. The van der Waals surface area contributed by atoms with Crippen molar-refractivity contribution in [2.75, 3.05) is 6.61 Å². The number of aromatic nitrogens is 2. The third-order valence-electron chi connectivity index (χ3n) is 1.30. The molecule has 68 valence electrons. The Morgan fingerprint density at radius 1 is 1.50 bits per heavy atom. The van der Waals surface area contributed by atoms with Crippen molar-refractivity contribution < 1.29 is 14.6 Å². The lowest BCUT2D eigenvalue weighted by atomic mass is 10.4. The largest absolute Gasteiger partial charge is 0.421 e. The van der Waals surface area contributed by atoms with E-state index in [9.17, 15) is 0 Å². The van der Waals surface area contributed by atoms with Crippen molar-refractivity contribution in [2.24, 2.45) is 5.73 Å². The maximum absolute atomic E-state index is 9.04. The van der Waals surface area contributed by atoms with Crippen molar-refractivity contribution in [3.05, 3.63) is 11.8 Å². The minimum Gasteiger partial charge on any atom is -0.421 e. The van der Waals surface area contributed by atoms with E-state index in [1.165, 1.54) is 0 Å².